The van der Waals surface area contributed by atoms with Crippen molar-refractivity contribution in [1.82, 2.24) is 5.32 Å². The summed E-state index contributed by atoms with van der Waals surface area (Å²) in [6.45, 7) is 0.254. The van der Waals surface area contributed by atoms with Crippen LogP contribution in [-0.2, 0) is 4.79 Å². The predicted molar refractivity (Wildman–Crippen MR) is 78.1 cm³/mol. The van der Waals surface area contributed by atoms with Gasteiger partial charge in [-0.1, -0.05) is 19.3 Å². The van der Waals surface area contributed by atoms with Crippen molar-refractivity contribution in [2.45, 2.75) is 42.6 Å². The molecule has 1 aromatic carbocycles. The minimum Gasteiger partial charge on any atom is -0.388 e. The van der Waals surface area contributed by atoms with Gasteiger partial charge in [-0.2, -0.15) is 0 Å². The van der Waals surface area contributed by atoms with Crippen LogP contribution in [0.4, 0.5) is 8.78 Å². The standard InChI is InChI=1S/C15H19F2NO2S/c16-12-5-4-11(8-13(12)17)21-9-14(19)18-10-15(20)6-2-1-3-7-15/h4-5,8,20H,1-3,6-7,9-10H2,(H,18,19). The highest BCUT2D eigenvalue weighted by Gasteiger charge is 2.29. The first-order valence-corrected chi connectivity index (χ1v) is 8.04. The van der Waals surface area contributed by atoms with Gasteiger partial charge in [0.2, 0.25) is 5.91 Å². The van der Waals surface area contributed by atoms with Crippen molar-refractivity contribution in [3.63, 3.8) is 0 Å². The zero-order valence-corrected chi connectivity index (χ0v) is 12.5. The molecule has 1 amide bonds. The Morgan fingerprint density at radius 1 is 1.24 bits per heavy atom. The molecule has 0 aromatic heterocycles. The summed E-state index contributed by atoms with van der Waals surface area (Å²) in [5, 5.41) is 13.0. The largest absolute Gasteiger partial charge is 0.388 e. The van der Waals surface area contributed by atoms with Crippen molar-refractivity contribution >= 4 is 17.7 Å². The molecule has 0 spiro atoms. The van der Waals surface area contributed by atoms with Gasteiger partial charge in [0.05, 0.1) is 11.4 Å². The van der Waals surface area contributed by atoms with Crippen LogP contribution in [0.2, 0.25) is 0 Å². The molecule has 0 unspecified atom stereocenters. The molecule has 1 aromatic rings. The van der Waals surface area contributed by atoms with Crippen LogP contribution in [0.25, 0.3) is 0 Å². The topological polar surface area (TPSA) is 49.3 Å². The third-order valence-corrected chi connectivity index (χ3v) is 4.65. The van der Waals surface area contributed by atoms with Crippen LogP contribution in [0.15, 0.2) is 23.1 Å². The van der Waals surface area contributed by atoms with Gasteiger partial charge in [-0.15, -0.1) is 11.8 Å². The average molecular weight is 315 g/mol. The van der Waals surface area contributed by atoms with Gasteiger partial charge < -0.3 is 10.4 Å². The number of halogens is 2. The Labute approximate surface area is 127 Å². The average Bonchev–Trinajstić information content (AvgIpc) is 2.47. The third-order valence-electron chi connectivity index (χ3n) is 3.66. The summed E-state index contributed by atoms with van der Waals surface area (Å²) in [7, 11) is 0. The van der Waals surface area contributed by atoms with Crippen LogP contribution >= 0.6 is 11.8 Å². The second-order valence-electron chi connectivity index (χ2n) is 5.43. The minimum atomic E-state index is -0.920. The van der Waals surface area contributed by atoms with E-state index in [0.717, 1.165) is 43.2 Å². The van der Waals surface area contributed by atoms with Gasteiger partial charge in [0.15, 0.2) is 11.6 Å². The minimum absolute atomic E-state index is 0.112. The number of aliphatic hydroxyl groups is 1. The van der Waals surface area contributed by atoms with Crippen LogP contribution in [0.3, 0.4) is 0 Å². The van der Waals surface area contributed by atoms with Crippen molar-refractivity contribution in [3.05, 3.63) is 29.8 Å². The van der Waals surface area contributed by atoms with Gasteiger partial charge in [0.1, 0.15) is 0 Å². The third kappa shape index (κ3) is 4.97. The molecule has 21 heavy (non-hydrogen) atoms. The van der Waals surface area contributed by atoms with Crippen molar-refractivity contribution in [2.24, 2.45) is 0 Å². The number of carbonyl (C=O) groups is 1. The van der Waals surface area contributed by atoms with Gasteiger partial charge in [-0.05, 0) is 31.0 Å². The maximum absolute atomic E-state index is 13.0. The summed E-state index contributed by atoms with van der Waals surface area (Å²) in [6.07, 6.45) is 4.52. The SMILES string of the molecule is O=C(CSc1ccc(F)c(F)c1)NCC1(O)CCCCC1. The monoisotopic (exact) mass is 315 g/mol. The van der Waals surface area contributed by atoms with Gasteiger partial charge in [-0.3, -0.25) is 4.79 Å². The van der Waals surface area contributed by atoms with E-state index in [0.29, 0.717) is 17.7 Å². The lowest BCUT2D eigenvalue weighted by Crippen LogP contribution is -2.44. The Kier molecular flexibility index (Phi) is 5.58. The molecule has 2 N–H and O–H groups in total. The number of hydrogen-bond donors (Lipinski definition) is 2. The van der Waals surface area contributed by atoms with Gasteiger partial charge in [-0.25, -0.2) is 8.78 Å². The molecule has 116 valence electrons. The highest BCUT2D eigenvalue weighted by Crippen LogP contribution is 2.27. The molecule has 1 fully saturated rings. The van der Waals surface area contributed by atoms with Crippen LogP contribution in [0.1, 0.15) is 32.1 Å². The van der Waals surface area contributed by atoms with E-state index >= 15 is 0 Å². The molecule has 0 radical (unpaired) electrons. The molecule has 0 heterocycles. The summed E-state index contributed by atoms with van der Waals surface area (Å²) in [5.74, 6) is -1.93. The van der Waals surface area contributed by atoms with Gasteiger partial charge >= 0.3 is 0 Å². The first-order chi connectivity index (χ1) is 9.98. The van der Waals surface area contributed by atoms with E-state index in [1.165, 1.54) is 6.07 Å². The fourth-order valence-corrected chi connectivity index (χ4v) is 3.17. The summed E-state index contributed by atoms with van der Waals surface area (Å²) < 4.78 is 25.8. The van der Waals surface area contributed by atoms with E-state index in [2.05, 4.69) is 5.32 Å². The molecule has 0 bridgehead atoms. The lowest BCUT2D eigenvalue weighted by atomic mass is 9.85. The quantitative estimate of drug-likeness (QED) is 0.822. The van der Waals surface area contributed by atoms with E-state index < -0.39 is 17.2 Å². The number of benzene rings is 1. The molecule has 3 nitrogen and oxygen atoms in total. The van der Waals surface area contributed by atoms with E-state index in [1.807, 2.05) is 0 Å². The molecule has 0 atom stereocenters. The lowest BCUT2D eigenvalue weighted by molar-refractivity contribution is -0.120. The summed E-state index contributed by atoms with van der Waals surface area (Å²) >= 11 is 1.14. The summed E-state index contributed by atoms with van der Waals surface area (Å²) in [5.41, 5.74) is -0.791. The van der Waals surface area contributed by atoms with Crippen molar-refractivity contribution < 1.29 is 18.7 Å². The van der Waals surface area contributed by atoms with Crippen molar-refractivity contribution in [1.29, 1.82) is 0 Å². The summed E-state index contributed by atoms with van der Waals surface area (Å²) in [4.78, 5) is 12.2. The molecule has 0 aliphatic heterocycles. The van der Waals surface area contributed by atoms with Gasteiger partial charge in [0.25, 0.3) is 0 Å². The zero-order chi connectivity index (χ0) is 15.3. The molecular weight excluding hydrogens is 296 g/mol. The predicted octanol–water partition coefficient (Wildman–Crippen LogP) is 2.87. The number of thioether (sulfide) groups is 1. The van der Waals surface area contributed by atoms with Crippen molar-refractivity contribution in [3.8, 4) is 0 Å². The van der Waals surface area contributed by atoms with E-state index in [4.69, 9.17) is 0 Å². The molecule has 6 heteroatoms. The zero-order valence-electron chi connectivity index (χ0n) is 11.7. The molecule has 1 saturated carbocycles. The van der Waals surface area contributed by atoms with Crippen LogP contribution in [0, 0.1) is 11.6 Å². The van der Waals surface area contributed by atoms with E-state index in [1.54, 1.807) is 0 Å². The number of rotatable bonds is 5. The maximum atomic E-state index is 13.0. The normalized spacial score (nSPS) is 17.5. The molecule has 2 rings (SSSR count). The fraction of sp³-hybridized carbons (Fsp3) is 0.533. The number of carbonyl (C=O) groups excluding carboxylic acids is 1. The fourth-order valence-electron chi connectivity index (χ4n) is 2.42. The molecule has 1 aliphatic carbocycles. The molecular formula is C15H19F2NO2S. The van der Waals surface area contributed by atoms with Crippen molar-refractivity contribution in [2.75, 3.05) is 12.3 Å². The number of nitrogens with one attached hydrogen (secondary N) is 1. The van der Waals surface area contributed by atoms with E-state index in [9.17, 15) is 18.7 Å². The first-order valence-electron chi connectivity index (χ1n) is 7.05. The Balaban J connectivity index is 1.75. The Morgan fingerprint density at radius 2 is 1.95 bits per heavy atom. The van der Waals surface area contributed by atoms with Crippen LogP contribution in [-0.4, -0.2) is 28.9 Å². The second-order valence-corrected chi connectivity index (χ2v) is 6.48. The molecule has 0 saturated heterocycles. The summed E-state index contributed by atoms with van der Waals surface area (Å²) in [6, 6.07) is 3.55. The van der Waals surface area contributed by atoms with Crippen LogP contribution < -0.4 is 5.32 Å². The van der Waals surface area contributed by atoms with Gasteiger partial charge in [0, 0.05) is 11.4 Å². The number of hydrogen-bond acceptors (Lipinski definition) is 3. The smallest absolute Gasteiger partial charge is 0.230 e. The lowest BCUT2D eigenvalue weighted by Gasteiger charge is -2.32. The Hall–Kier alpha value is -1.14. The highest BCUT2D eigenvalue weighted by atomic mass is 32.2. The van der Waals surface area contributed by atoms with Crippen LogP contribution in [0.5, 0.6) is 0 Å². The number of amides is 1. The second kappa shape index (κ2) is 7.22. The maximum Gasteiger partial charge on any atom is 0.230 e. The highest BCUT2D eigenvalue weighted by molar-refractivity contribution is 8.00. The first kappa shape index (κ1) is 16.2. The van der Waals surface area contributed by atoms with E-state index in [-0.39, 0.29) is 18.2 Å². The Morgan fingerprint density at radius 3 is 2.62 bits per heavy atom. The Bertz CT molecular complexity index is 504. The molecule has 1 aliphatic rings.